The first-order valence-electron chi connectivity index (χ1n) is 7.34. The summed E-state index contributed by atoms with van der Waals surface area (Å²) in [5, 5.41) is 6.36. The molecule has 0 radical (unpaired) electrons. The number of hydrogen-bond acceptors (Lipinski definition) is 5. The number of aryl methyl sites for hydroxylation is 1. The van der Waals surface area contributed by atoms with E-state index in [0.717, 1.165) is 16.1 Å². The lowest BCUT2D eigenvalue weighted by molar-refractivity contribution is 0.0932. The topological polar surface area (TPSA) is 72.2 Å². The number of nitrogens with one attached hydrogen (secondary N) is 1. The highest BCUT2D eigenvalue weighted by Crippen LogP contribution is 2.21. The molecular weight excluding hydrogens is 312 g/mol. The van der Waals surface area contributed by atoms with E-state index in [0.29, 0.717) is 12.0 Å². The molecule has 118 valence electrons. The van der Waals surface area contributed by atoms with Gasteiger partial charge in [0.2, 0.25) is 0 Å². The van der Waals surface area contributed by atoms with Crippen LogP contribution in [0, 0.1) is 6.92 Å². The maximum absolute atomic E-state index is 12.5. The summed E-state index contributed by atoms with van der Waals surface area (Å²) in [6, 6.07) is 8.46. The maximum Gasteiger partial charge on any atom is 0.349 e. The van der Waals surface area contributed by atoms with Crippen molar-refractivity contribution in [2.75, 3.05) is 0 Å². The van der Waals surface area contributed by atoms with E-state index in [1.807, 2.05) is 25.3 Å². The largest absolute Gasteiger partial charge is 0.422 e. The van der Waals surface area contributed by atoms with Gasteiger partial charge in [-0.15, -0.1) is 11.3 Å². The minimum absolute atomic E-state index is 0.00966. The number of thiazole rings is 1. The van der Waals surface area contributed by atoms with E-state index >= 15 is 0 Å². The van der Waals surface area contributed by atoms with Crippen molar-refractivity contribution in [3.63, 3.8) is 0 Å². The zero-order valence-corrected chi connectivity index (χ0v) is 13.6. The van der Waals surface area contributed by atoms with E-state index in [-0.39, 0.29) is 11.6 Å². The van der Waals surface area contributed by atoms with Gasteiger partial charge >= 0.3 is 5.63 Å². The van der Waals surface area contributed by atoms with Crippen molar-refractivity contribution < 1.29 is 9.21 Å². The number of nitrogens with zero attached hydrogens (tertiary/aromatic N) is 1. The van der Waals surface area contributed by atoms with Crippen LogP contribution in [0.2, 0.25) is 0 Å². The number of hydrogen-bond donors (Lipinski definition) is 1. The summed E-state index contributed by atoms with van der Waals surface area (Å²) >= 11 is 1.50. The zero-order chi connectivity index (χ0) is 16.4. The Balaban J connectivity index is 1.90. The number of aromatic nitrogens is 1. The van der Waals surface area contributed by atoms with Crippen LogP contribution in [0.5, 0.6) is 0 Å². The summed E-state index contributed by atoms with van der Waals surface area (Å²) in [6.07, 6.45) is 0.692. The van der Waals surface area contributed by atoms with Crippen LogP contribution in [-0.2, 0) is 0 Å². The van der Waals surface area contributed by atoms with Gasteiger partial charge in [-0.3, -0.25) is 4.79 Å². The van der Waals surface area contributed by atoms with Gasteiger partial charge in [0.1, 0.15) is 16.2 Å². The highest BCUT2D eigenvalue weighted by molar-refractivity contribution is 7.09. The van der Waals surface area contributed by atoms with Crippen LogP contribution in [0.15, 0.2) is 44.9 Å². The molecule has 0 fully saturated rings. The molecule has 23 heavy (non-hydrogen) atoms. The van der Waals surface area contributed by atoms with E-state index < -0.39 is 11.5 Å². The van der Waals surface area contributed by atoms with Crippen LogP contribution >= 0.6 is 11.3 Å². The zero-order valence-electron chi connectivity index (χ0n) is 12.8. The van der Waals surface area contributed by atoms with Gasteiger partial charge in [0, 0.05) is 16.5 Å². The molecule has 3 rings (SSSR count). The number of para-hydroxylation sites is 1. The molecule has 0 aliphatic rings. The van der Waals surface area contributed by atoms with Crippen LogP contribution in [0.3, 0.4) is 0 Å². The molecule has 0 spiro atoms. The quantitative estimate of drug-likeness (QED) is 0.745. The molecule has 0 saturated heterocycles. The van der Waals surface area contributed by atoms with E-state index in [2.05, 4.69) is 10.3 Å². The van der Waals surface area contributed by atoms with Crippen molar-refractivity contribution in [3.8, 4) is 0 Å². The highest BCUT2D eigenvalue weighted by Gasteiger charge is 2.20. The molecule has 1 amide bonds. The second-order valence-corrected chi connectivity index (χ2v) is 6.14. The van der Waals surface area contributed by atoms with Crippen LogP contribution in [0.1, 0.15) is 40.4 Å². The predicted octanol–water partition coefficient (Wildman–Crippen LogP) is 3.44. The molecule has 1 unspecified atom stereocenters. The molecule has 2 aromatic heterocycles. The van der Waals surface area contributed by atoms with Gasteiger partial charge in [0.05, 0.1) is 6.04 Å². The number of fused-ring (bicyclic) bond motifs is 1. The van der Waals surface area contributed by atoms with Gasteiger partial charge in [0.15, 0.2) is 0 Å². The summed E-state index contributed by atoms with van der Waals surface area (Å²) < 4.78 is 5.21. The summed E-state index contributed by atoms with van der Waals surface area (Å²) in [6.45, 7) is 3.87. The monoisotopic (exact) mass is 328 g/mol. The Morgan fingerprint density at radius 3 is 2.87 bits per heavy atom. The Morgan fingerprint density at radius 2 is 2.17 bits per heavy atom. The molecule has 1 aromatic carbocycles. The number of carbonyl (C=O) groups is 1. The Hall–Kier alpha value is -2.47. The molecule has 6 heteroatoms. The lowest BCUT2D eigenvalue weighted by Crippen LogP contribution is -2.31. The van der Waals surface area contributed by atoms with Crippen molar-refractivity contribution in [1.29, 1.82) is 0 Å². The van der Waals surface area contributed by atoms with Crippen molar-refractivity contribution in [1.82, 2.24) is 10.3 Å². The van der Waals surface area contributed by atoms with Gasteiger partial charge in [-0.05, 0) is 25.5 Å². The van der Waals surface area contributed by atoms with Crippen LogP contribution < -0.4 is 10.9 Å². The van der Waals surface area contributed by atoms with Crippen molar-refractivity contribution in [2.24, 2.45) is 0 Å². The SMILES string of the molecule is CCC(NC(=O)c1cc2ccccc2oc1=O)c1nc(C)cs1. The first kappa shape index (κ1) is 15.4. The number of amides is 1. The summed E-state index contributed by atoms with van der Waals surface area (Å²) in [7, 11) is 0. The standard InChI is InChI=1S/C17H16N2O3S/c1-3-13(16-18-10(2)9-23-16)19-15(20)12-8-11-6-4-5-7-14(11)22-17(12)21/h4-9,13H,3H2,1-2H3,(H,19,20). The Labute approximate surface area is 137 Å². The third kappa shape index (κ3) is 3.17. The molecule has 3 aromatic rings. The van der Waals surface area contributed by atoms with Gasteiger partial charge in [0.25, 0.3) is 5.91 Å². The van der Waals surface area contributed by atoms with Gasteiger partial charge in [-0.2, -0.15) is 0 Å². The molecule has 0 bridgehead atoms. The lowest BCUT2D eigenvalue weighted by atomic mass is 10.1. The summed E-state index contributed by atoms with van der Waals surface area (Å²) in [4.78, 5) is 28.9. The maximum atomic E-state index is 12.5. The Morgan fingerprint density at radius 1 is 1.39 bits per heavy atom. The second-order valence-electron chi connectivity index (χ2n) is 5.25. The number of benzene rings is 1. The Kier molecular flexibility index (Phi) is 4.25. The van der Waals surface area contributed by atoms with E-state index in [9.17, 15) is 9.59 Å². The minimum Gasteiger partial charge on any atom is -0.422 e. The smallest absolute Gasteiger partial charge is 0.349 e. The average Bonchev–Trinajstić information content (AvgIpc) is 2.98. The van der Waals surface area contributed by atoms with E-state index in [4.69, 9.17) is 4.42 Å². The molecule has 0 saturated carbocycles. The fourth-order valence-electron chi connectivity index (χ4n) is 2.33. The fraction of sp³-hybridized carbons (Fsp3) is 0.235. The fourth-order valence-corrected chi connectivity index (χ4v) is 3.26. The first-order chi connectivity index (χ1) is 11.1. The average molecular weight is 328 g/mol. The van der Waals surface area contributed by atoms with Gasteiger partial charge < -0.3 is 9.73 Å². The molecule has 5 nitrogen and oxygen atoms in total. The van der Waals surface area contributed by atoms with Gasteiger partial charge in [-0.1, -0.05) is 25.1 Å². The number of carbonyl (C=O) groups excluding carboxylic acids is 1. The third-order valence-electron chi connectivity index (χ3n) is 3.53. The molecule has 1 N–H and O–H groups in total. The van der Waals surface area contributed by atoms with Gasteiger partial charge in [-0.25, -0.2) is 9.78 Å². The van der Waals surface area contributed by atoms with Crippen LogP contribution in [0.4, 0.5) is 0 Å². The molecule has 1 atom stereocenters. The van der Waals surface area contributed by atoms with E-state index in [1.54, 1.807) is 24.3 Å². The summed E-state index contributed by atoms with van der Waals surface area (Å²) in [5.74, 6) is -0.441. The second kappa shape index (κ2) is 6.34. The van der Waals surface area contributed by atoms with Crippen LogP contribution in [0.25, 0.3) is 11.0 Å². The highest BCUT2D eigenvalue weighted by atomic mass is 32.1. The molecule has 2 heterocycles. The summed E-state index contributed by atoms with van der Waals surface area (Å²) in [5.41, 5.74) is 0.765. The predicted molar refractivity (Wildman–Crippen MR) is 89.8 cm³/mol. The first-order valence-corrected chi connectivity index (χ1v) is 8.22. The van der Waals surface area contributed by atoms with Crippen molar-refractivity contribution >= 4 is 28.2 Å². The normalized spacial score (nSPS) is 12.3. The van der Waals surface area contributed by atoms with Crippen molar-refractivity contribution in [3.05, 3.63) is 62.4 Å². The Bertz CT molecular complexity index is 913. The van der Waals surface area contributed by atoms with Crippen LogP contribution in [-0.4, -0.2) is 10.9 Å². The number of rotatable bonds is 4. The van der Waals surface area contributed by atoms with Crippen molar-refractivity contribution in [2.45, 2.75) is 26.3 Å². The molecule has 0 aliphatic heterocycles. The molecule has 0 aliphatic carbocycles. The van der Waals surface area contributed by atoms with E-state index in [1.165, 1.54) is 11.3 Å². The minimum atomic E-state index is -0.633. The molecular formula is C17H16N2O3S. The third-order valence-corrected chi connectivity index (χ3v) is 4.61. The lowest BCUT2D eigenvalue weighted by Gasteiger charge is -2.14.